The standard InChI is InChI=1S/C17H13F3N6/c1-25-9-22-24-16(25)8-26-15-5-11(6-21-14(15)7-23-26)10-2-3-13(18)12(4-10)17(19)20/h2-7,9,17H,8H2,1H3. The number of halogens is 3. The summed E-state index contributed by atoms with van der Waals surface area (Å²) in [5.41, 5.74) is 1.80. The van der Waals surface area contributed by atoms with Gasteiger partial charge in [-0.1, -0.05) is 6.07 Å². The van der Waals surface area contributed by atoms with Gasteiger partial charge in [0.15, 0.2) is 5.82 Å². The van der Waals surface area contributed by atoms with E-state index in [1.54, 1.807) is 34.0 Å². The van der Waals surface area contributed by atoms with Gasteiger partial charge < -0.3 is 4.57 Å². The van der Waals surface area contributed by atoms with Crippen LogP contribution in [-0.4, -0.2) is 29.5 Å². The molecule has 0 saturated heterocycles. The first-order valence-electron chi connectivity index (χ1n) is 7.75. The van der Waals surface area contributed by atoms with Crippen molar-refractivity contribution in [2.24, 2.45) is 7.05 Å². The van der Waals surface area contributed by atoms with Crippen LogP contribution >= 0.6 is 0 Å². The molecule has 4 rings (SSSR count). The van der Waals surface area contributed by atoms with Crippen LogP contribution < -0.4 is 0 Å². The fourth-order valence-electron chi connectivity index (χ4n) is 2.72. The summed E-state index contributed by atoms with van der Waals surface area (Å²) in [6, 6.07) is 5.42. The molecular weight excluding hydrogens is 345 g/mol. The summed E-state index contributed by atoms with van der Waals surface area (Å²) < 4.78 is 42.9. The third-order valence-electron chi connectivity index (χ3n) is 4.16. The third kappa shape index (κ3) is 2.81. The minimum absolute atomic E-state index is 0.386. The molecule has 0 bridgehead atoms. The summed E-state index contributed by atoms with van der Waals surface area (Å²) in [5, 5.41) is 12.2. The Balaban J connectivity index is 1.77. The Bertz CT molecular complexity index is 1090. The molecule has 6 nitrogen and oxygen atoms in total. The molecule has 0 spiro atoms. The Morgan fingerprint density at radius 2 is 1.96 bits per heavy atom. The first-order chi connectivity index (χ1) is 12.5. The van der Waals surface area contributed by atoms with Crippen molar-refractivity contribution in [1.29, 1.82) is 0 Å². The molecular formula is C17H13F3N6. The Morgan fingerprint density at radius 1 is 1.12 bits per heavy atom. The van der Waals surface area contributed by atoms with Crippen molar-refractivity contribution in [2.75, 3.05) is 0 Å². The Labute approximate surface area is 145 Å². The molecule has 132 valence electrons. The molecule has 0 aliphatic carbocycles. The second-order valence-corrected chi connectivity index (χ2v) is 5.83. The van der Waals surface area contributed by atoms with Crippen molar-refractivity contribution >= 4 is 11.0 Å². The Hall–Kier alpha value is -3.23. The van der Waals surface area contributed by atoms with E-state index >= 15 is 0 Å². The lowest BCUT2D eigenvalue weighted by molar-refractivity contribution is 0.146. The molecule has 0 saturated carbocycles. The Morgan fingerprint density at radius 3 is 2.69 bits per heavy atom. The molecule has 0 unspecified atom stereocenters. The summed E-state index contributed by atoms with van der Waals surface area (Å²) in [6.45, 7) is 0.386. The Kier molecular flexibility index (Phi) is 3.90. The van der Waals surface area contributed by atoms with Crippen LogP contribution in [0.4, 0.5) is 13.2 Å². The number of rotatable bonds is 4. The van der Waals surface area contributed by atoms with E-state index in [0.29, 0.717) is 34.5 Å². The van der Waals surface area contributed by atoms with Crippen LogP contribution in [0.5, 0.6) is 0 Å². The van der Waals surface area contributed by atoms with Gasteiger partial charge in [-0.2, -0.15) is 5.10 Å². The summed E-state index contributed by atoms with van der Waals surface area (Å²) >= 11 is 0. The van der Waals surface area contributed by atoms with Crippen molar-refractivity contribution < 1.29 is 13.2 Å². The van der Waals surface area contributed by atoms with Gasteiger partial charge in [0.05, 0.1) is 17.3 Å². The molecule has 0 aliphatic rings. The highest BCUT2D eigenvalue weighted by molar-refractivity contribution is 5.80. The fourth-order valence-corrected chi connectivity index (χ4v) is 2.72. The van der Waals surface area contributed by atoms with E-state index in [1.807, 2.05) is 7.05 Å². The number of benzene rings is 1. The largest absolute Gasteiger partial charge is 0.319 e. The maximum Gasteiger partial charge on any atom is 0.266 e. The third-order valence-corrected chi connectivity index (χ3v) is 4.16. The minimum Gasteiger partial charge on any atom is -0.319 e. The molecule has 0 fully saturated rings. The van der Waals surface area contributed by atoms with E-state index in [4.69, 9.17) is 0 Å². The summed E-state index contributed by atoms with van der Waals surface area (Å²) in [4.78, 5) is 4.32. The zero-order chi connectivity index (χ0) is 18.3. The SMILES string of the molecule is Cn1cnnc1Cn1ncc2ncc(-c3ccc(F)c(C(F)F)c3)cc21. The number of fused-ring (bicyclic) bond motifs is 1. The minimum atomic E-state index is -2.88. The van der Waals surface area contributed by atoms with Gasteiger partial charge in [-0.25, -0.2) is 13.2 Å². The molecule has 4 aromatic rings. The number of pyridine rings is 1. The molecule has 0 N–H and O–H groups in total. The number of nitrogens with zero attached hydrogens (tertiary/aromatic N) is 6. The summed E-state index contributed by atoms with van der Waals surface area (Å²) in [7, 11) is 1.83. The van der Waals surface area contributed by atoms with Crippen LogP contribution in [0.2, 0.25) is 0 Å². The van der Waals surface area contributed by atoms with E-state index in [9.17, 15) is 13.2 Å². The maximum atomic E-state index is 13.5. The second kappa shape index (κ2) is 6.25. The molecule has 3 heterocycles. The molecule has 0 atom stereocenters. The van der Waals surface area contributed by atoms with Crippen molar-refractivity contribution in [2.45, 2.75) is 13.0 Å². The molecule has 0 amide bonds. The summed E-state index contributed by atoms with van der Waals surface area (Å²) in [5.74, 6) is -0.215. The number of aromatic nitrogens is 6. The van der Waals surface area contributed by atoms with Crippen molar-refractivity contribution in [1.82, 2.24) is 29.5 Å². The number of alkyl halides is 2. The average molecular weight is 358 g/mol. The predicted molar refractivity (Wildman–Crippen MR) is 88.0 cm³/mol. The first kappa shape index (κ1) is 16.2. The molecule has 26 heavy (non-hydrogen) atoms. The van der Waals surface area contributed by atoms with Crippen LogP contribution in [0.3, 0.4) is 0 Å². The molecule has 1 aromatic carbocycles. The smallest absolute Gasteiger partial charge is 0.266 e. The van der Waals surface area contributed by atoms with Crippen LogP contribution in [0, 0.1) is 5.82 Å². The highest BCUT2D eigenvalue weighted by Gasteiger charge is 2.15. The van der Waals surface area contributed by atoms with Gasteiger partial charge in [0.1, 0.15) is 24.2 Å². The molecule has 0 aliphatic heterocycles. The monoisotopic (exact) mass is 358 g/mol. The lowest BCUT2D eigenvalue weighted by Crippen LogP contribution is -2.07. The van der Waals surface area contributed by atoms with Gasteiger partial charge in [-0.15, -0.1) is 10.2 Å². The zero-order valence-corrected chi connectivity index (χ0v) is 13.6. The van der Waals surface area contributed by atoms with Gasteiger partial charge in [-0.05, 0) is 23.8 Å². The predicted octanol–water partition coefficient (Wildman–Crippen LogP) is 3.35. The number of hydrogen-bond donors (Lipinski definition) is 0. The van der Waals surface area contributed by atoms with Gasteiger partial charge in [-0.3, -0.25) is 9.67 Å². The van der Waals surface area contributed by atoms with E-state index < -0.39 is 17.8 Å². The van der Waals surface area contributed by atoms with E-state index in [1.165, 1.54) is 6.07 Å². The van der Waals surface area contributed by atoms with E-state index in [0.717, 1.165) is 12.1 Å². The van der Waals surface area contributed by atoms with E-state index in [-0.39, 0.29) is 0 Å². The lowest BCUT2D eigenvalue weighted by atomic mass is 10.0. The number of aryl methyl sites for hydroxylation is 1. The van der Waals surface area contributed by atoms with E-state index in [2.05, 4.69) is 20.3 Å². The van der Waals surface area contributed by atoms with Gasteiger partial charge in [0.2, 0.25) is 0 Å². The van der Waals surface area contributed by atoms with Crippen LogP contribution in [0.25, 0.3) is 22.2 Å². The van der Waals surface area contributed by atoms with Crippen LogP contribution in [0.1, 0.15) is 17.8 Å². The quantitative estimate of drug-likeness (QED) is 0.561. The maximum absolute atomic E-state index is 13.5. The second-order valence-electron chi connectivity index (χ2n) is 5.83. The van der Waals surface area contributed by atoms with Crippen molar-refractivity contribution in [3.63, 3.8) is 0 Å². The highest BCUT2D eigenvalue weighted by atomic mass is 19.3. The summed E-state index contributed by atoms with van der Waals surface area (Å²) in [6.07, 6.45) is 1.88. The van der Waals surface area contributed by atoms with Gasteiger partial charge in [0, 0.05) is 18.8 Å². The van der Waals surface area contributed by atoms with Crippen LogP contribution in [-0.2, 0) is 13.6 Å². The van der Waals surface area contributed by atoms with Crippen molar-refractivity contribution in [3.8, 4) is 11.1 Å². The van der Waals surface area contributed by atoms with Gasteiger partial charge in [0.25, 0.3) is 6.43 Å². The number of hydrogen-bond acceptors (Lipinski definition) is 4. The van der Waals surface area contributed by atoms with Crippen molar-refractivity contribution in [3.05, 3.63) is 60.2 Å². The highest BCUT2D eigenvalue weighted by Crippen LogP contribution is 2.29. The topological polar surface area (TPSA) is 61.4 Å². The first-order valence-corrected chi connectivity index (χ1v) is 7.75. The van der Waals surface area contributed by atoms with Crippen LogP contribution in [0.15, 0.2) is 43.0 Å². The normalized spacial score (nSPS) is 11.6. The molecule has 3 aromatic heterocycles. The van der Waals surface area contributed by atoms with Gasteiger partial charge >= 0.3 is 0 Å². The molecule has 9 heteroatoms. The molecule has 0 radical (unpaired) electrons. The lowest BCUT2D eigenvalue weighted by Gasteiger charge is -2.07. The average Bonchev–Trinajstić information content (AvgIpc) is 3.22. The zero-order valence-electron chi connectivity index (χ0n) is 13.6. The fraction of sp³-hybridized carbons (Fsp3) is 0.176.